The third kappa shape index (κ3) is 4.44. The molecule has 84 valence electrons. The smallest absolute Gasteiger partial charge is 0.171 e. The molecule has 0 aliphatic rings. The van der Waals surface area contributed by atoms with E-state index >= 15 is 0 Å². The number of benzene rings is 1. The summed E-state index contributed by atoms with van der Waals surface area (Å²) >= 11 is 9.48. The molecule has 0 nitrogen and oxygen atoms in total. The molecule has 15 heavy (non-hydrogen) atoms. The van der Waals surface area contributed by atoms with Crippen molar-refractivity contribution in [2.75, 3.05) is 0 Å². The van der Waals surface area contributed by atoms with Gasteiger partial charge in [-0.15, -0.1) is 0 Å². The van der Waals surface area contributed by atoms with Crippen LogP contribution in [0, 0.1) is 0 Å². The normalized spacial score (nSPS) is 14.0. The predicted molar refractivity (Wildman–Crippen MR) is 64.2 cm³/mol. The van der Waals surface area contributed by atoms with E-state index in [0.717, 1.165) is 4.47 Å². The van der Waals surface area contributed by atoms with Crippen molar-refractivity contribution in [2.45, 2.75) is 17.4 Å². The molecule has 0 saturated carbocycles. The van der Waals surface area contributed by atoms with Crippen LogP contribution in [0.25, 0.3) is 0 Å². The molecule has 0 aliphatic carbocycles. The lowest BCUT2D eigenvalue weighted by atomic mass is 10.1. The third-order valence-electron chi connectivity index (χ3n) is 1.71. The maximum Gasteiger partial charge on any atom is 0.390 e. The molecule has 0 radical (unpaired) electrons. The number of rotatable bonds is 2. The van der Waals surface area contributed by atoms with Gasteiger partial charge in [-0.3, -0.25) is 0 Å². The van der Waals surface area contributed by atoms with Crippen molar-refractivity contribution in [3.8, 4) is 0 Å². The summed E-state index contributed by atoms with van der Waals surface area (Å²) < 4.78 is 37.9. The van der Waals surface area contributed by atoms with Gasteiger partial charge in [0.25, 0.3) is 0 Å². The molecule has 0 aromatic heterocycles. The minimum absolute atomic E-state index is 0.585. The van der Waals surface area contributed by atoms with Gasteiger partial charge in [0.05, 0.1) is 6.42 Å². The predicted octanol–water partition coefficient (Wildman–Crippen LogP) is 5.60. The molecule has 1 aromatic rings. The van der Waals surface area contributed by atoms with Gasteiger partial charge in [0.15, 0.2) is 0 Å². The molecule has 1 unspecified atom stereocenters. The second-order valence-corrected chi connectivity index (χ2v) is 5.83. The van der Waals surface area contributed by atoms with Crippen LogP contribution >= 0.6 is 47.8 Å². The fourth-order valence-electron chi connectivity index (χ4n) is 1.07. The van der Waals surface area contributed by atoms with Crippen LogP contribution in [0.2, 0.25) is 0 Å². The SMILES string of the molecule is FC(F)(F)CC(Br)c1cc(Br)ccc1Br. The Bertz CT molecular complexity index is 349. The Morgan fingerprint density at radius 1 is 1.20 bits per heavy atom. The molecule has 0 saturated heterocycles. The summed E-state index contributed by atoms with van der Waals surface area (Å²) in [7, 11) is 0. The van der Waals surface area contributed by atoms with Crippen molar-refractivity contribution in [3.05, 3.63) is 32.7 Å². The Morgan fingerprint density at radius 3 is 2.33 bits per heavy atom. The van der Waals surface area contributed by atoms with E-state index in [1.54, 1.807) is 18.2 Å². The van der Waals surface area contributed by atoms with E-state index in [2.05, 4.69) is 47.8 Å². The van der Waals surface area contributed by atoms with Crippen LogP contribution in [-0.2, 0) is 0 Å². The molecule has 0 spiro atoms. The largest absolute Gasteiger partial charge is 0.390 e. The first kappa shape index (κ1) is 13.5. The molecule has 0 amide bonds. The van der Waals surface area contributed by atoms with Crippen LogP contribution in [0.4, 0.5) is 13.2 Å². The van der Waals surface area contributed by atoms with Crippen molar-refractivity contribution >= 4 is 47.8 Å². The average Bonchev–Trinajstić information content (AvgIpc) is 2.06. The monoisotopic (exact) mass is 408 g/mol. The van der Waals surface area contributed by atoms with Gasteiger partial charge < -0.3 is 0 Å². The Morgan fingerprint density at radius 2 is 1.80 bits per heavy atom. The van der Waals surface area contributed by atoms with Crippen LogP contribution in [-0.4, -0.2) is 6.18 Å². The van der Waals surface area contributed by atoms with Crippen LogP contribution in [0.15, 0.2) is 27.1 Å². The molecule has 0 bridgehead atoms. The summed E-state index contributed by atoms with van der Waals surface area (Å²) in [5, 5.41) is 0. The van der Waals surface area contributed by atoms with Gasteiger partial charge in [-0.25, -0.2) is 0 Å². The fourth-order valence-corrected chi connectivity index (χ4v) is 3.02. The first-order valence-corrected chi connectivity index (χ1v) is 6.45. The van der Waals surface area contributed by atoms with E-state index in [9.17, 15) is 13.2 Å². The molecule has 1 rings (SSSR count). The van der Waals surface area contributed by atoms with Gasteiger partial charge in [-0.2, -0.15) is 13.2 Å². The van der Waals surface area contributed by atoms with Gasteiger partial charge in [0.1, 0.15) is 0 Å². The van der Waals surface area contributed by atoms with Gasteiger partial charge in [0, 0.05) is 13.8 Å². The second kappa shape index (κ2) is 5.19. The molecule has 0 fully saturated rings. The number of hydrogen-bond donors (Lipinski definition) is 0. The van der Waals surface area contributed by atoms with Crippen molar-refractivity contribution < 1.29 is 13.2 Å². The first-order valence-electron chi connectivity index (χ1n) is 3.95. The Labute approximate surface area is 111 Å². The summed E-state index contributed by atoms with van der Waals surface area (Å²) in [6.07, 6.45) is -5.06. The topological polar surface area (TPSA) is 0 Å². The molecular formula is C9H6Br3F3. The molecule has 1 atom stereocenters. The summed E-state index contributed by atoms with van der Waals surface area (Å²) in [4.78, 5) is -0.732. The lowest BCUT2D eigenvalue weighted by Crippen LogP contribution is -2.10. The molecule has 0 heterocycles. The Hall–Kier alpha value is 0.450. The molecular weight excluding hydrogens is 405 g/mol. The third-order valence-corrected chi connectivity index (χ3v) is 3.74. The standard InChI is InChI=1S/C9H6Br3F3/c10-5-1-2-7(11)6(3-5)8(12)4-9(13,14)15/h1-3,8H,4H2. The highest BCUT2D eigenvalue weighted by atomic mass is 79.9. The zero-order valence-corrected chi connectivity index (χ0v) is 12.0. The van der Waals surface area contributed by atoms with Crippen molar-refractivity contribution in [2.24, 2.45) is 0 Å². The minimum Gasteiger partial charge on any atom is -0.171 e. The van der Waals surface area contributed by atoms with E-state index < -0.39 is 17.4 Å². The van der Waals surface area contributed by atoms with E-state index in [0.29, 0.717) is 10.0 Å². The minimum atomic E-state index is -4.17. The number of halogens is 6. The number of hydrogen-bond acceptors (Lipinski definition) is 0. The summed E-state index contributed by atoms with van der Waals surface area (Å²) in [5.74, 6) is 0. The highest BCUT2D eigenvalue weighted by Gasteiger charge is 2.32. The van der Waals surface area contributed by atoms with E-state index in [-0.39, 0.29) is 0 Å². The lowest BCUT2D eigenvalue weighted by Gasteiger charge is -2.14. The number of alkyl halides is 4. The van der Waals surface area contributed by atoms with Gasteiger partial charge in [-0.1, -0.05) is 47.8 Å². The maximum atomic E-state index is 12.2. The van der Waals surface area contributed by atoms with E-state index in [4.69, 9.17) is 0 Å². The van der Waals surface area contributed by atoms with E-state index in [1.165, 1.54) is 0 Å². The molecule has 0 aliphatic heterocycles. The zero-order valence-electron chi connectivity index (χ0n) is 7.28. The highest BCUT2D eigenvalue weighted by molar-refractivity contribution is 9.11. The highest BCUT2D eigenvalue weighted by Crippen LogP contribution is 2.39. The van der Waals surface area contributed by atoms with Crippen molar-refractivity contribution in [1.29, 1.82) is 0 Å². The maximum absolute atomic E-state index is 12.2. The molecule has 1 aromatic carbocycles. The zero-order chi connectivity index (χ0) is 11.6. The van der Waals surface area contributed by atoms with Crippen LogP contribution in [0.3, 0.4) is 0 Å². The lowest BCUT2D eigenvalue weighted by molar-refractivity contribution is -0.134. The molecule has 0 N–H and O–H groups in total. The van der Waals surface area contributed by atoms with Gasteiger partial charge >= 0.3 is 6.18 Å². The van der Waals surface area contributed by atoms with Gasteiger partial charge in [-0.05, 0) is 23.8 Å². The average molecular weight is 411 g/mol. The first-order chi connectivity index (χ1) is 6.79. The Balaban J connectivity index is 2.90. The summed E-state index contributed by atoms with van der Waals surface area (Å²) in [6.45, 7) is 0. The second-order valence-electron chi connectivity index (χ2n) is 2.95. The van der Waals surface area contributed by atoms with E-state index in [1.807, 2.05) is 0 Å². The Kier molecular flexibility index (Phi) is 4.67. The van der Waals surface area contributed by atoms with Crippen molar-refractivity contribution in [3.63, 3.8) is 0 Å². The quantitative estimate of drug-likeness (QED) is 0.557. The van der Waals surface area contributed by atoms with Gasteiger partial charge in [0.2, 0.25) is 0 Å². The van der Waals surface area contributed by atoms with Crippen LogP contribution in [0.1, 0.15) is 16.8 Å². The van der Waals surface area contributed by atoms with Crippen LogP contribution < -0.4 is 0 Å². The summed E-state index contributed by atoms with van der Waals surface area (Å²) in [5.41, 5.74) is 0.585. The molecule has 6 heteroatoms. The van der Waals surface area contributed by atoms with Crippen molar-refractivity contribution in [1.82, 2.24) is 0 Å². The summed E-state index contributed by atoms with van der Waals surface area (Å²) in [6, 6.07) is 5.14. The fraction of sp³-hybridized carbons (Fsp3) is 0.333. The van der Waals surface area contributed by atoms with Crippen LogP contribution in [0.5, 0.6) is 0 Å².